The van der Waals surface area contributed by atoms with Crippen molar-refractivity contribution in [3.05, 3.63) is 92.5 Å². The Kier molecular flexibility index (Phi) is 7.30. The molecule has 4 rings (SSSR count). The van der Waals surface area contributed by atoms with Crippen molar-refractivity contribution in [1.82, 2.24) is 0 Å². The van der Waals surface area contributed by atoms with Gasteiger partial charge in [0.1, 0.15) is 18.1 Å². The Bertz CT molecular complexity index is 1460. The van der Waals surface area contributed by atoms with Crippen LogP contribution in [0.5, 0.6) is 11.5 Å². The molecule has 1 amide bonds. The highest BCUT2D eigenvalue weighted by molar-refractivity contribution is 9.10. The van der Waals surface area contributed by atoms with E-state index >= 15 is 0 Å². The minimum Gasteiger partial charge on any atom is -0.493 e. The van der Waals surface area contributed by atoms with Gasteiger partial charge in [-0.3, -0.25) is 4.79 Å². The van der Waals surface area contributed by atoms with Crippen molar-refractivity contribution in [3.8, 4) is 11.5 Å². The van der Waals surface area contributed by atoms with Gasteiger partial charge >= 0.3 is 0 Å². The van der Waals surface area contributed by atoms with Crippen molar-refractivity contribution in [2.75, 3.05) is 12.1 Å². The van der Waals surface area contributed by atoms with Crippen LogP contribution in [0.2, 0.25) is 0 Å². The van der Waals surface area contributed by atoms with Gasteiger partial charge in [0.2, 0.25) is 5.82 Å². The van der Waals surface area contributed by atoms with Crippen LogP contribution >= 0.6 is 15.9 Å². The van der Waals surface area contributed by atoms with Crippen LogP contribution in [0.3, 0.4) is 0 Å². The summed E-state index contributed by atoms with van der Waals surface area (Å²) in [6.07, 6.45) is 1.30. The molecule has 0 spiro atoms. The third-order valence-corrected chi connectivity index (χ3v) is 6.01. The number of carbonyl (C=O) groups is 1. The predicted molar refractivity (Wildman–Crippen MR) is 126 cm³/mol. The Morgan fingerprint density at radius 1 is 0.946 bits per heavy atom. The third-order valence-electron chi connectivity index (χ3n) is 5.33. The molecule has 0 N–H and O–H groups in total. The zero-order chi connectivity index (χ0) is 27.0. The van der Waals surface area contributed by atoms with E-state index in [4.69, 9.17) is 9.47 Å². The molecule has 192 valence electrons. The fourth-order valence-electron chi connectivity index (χ4n) is 3.49. The van der Waals surface area contributed by atoms with E-state index < -0.39 is 46.5 Å². The van der Waals surface area contributed by atoms with Gasteiger partial charge in [-0.2, -0.15) is 10.1 Å². The predicted octanol–water partition coefficient (Wildman–Crippen LogP) is 6.68. The molecule has 1 heterocycles. The number of hydrogen-bond donors (Lipinski definition) is 0. The standard InChI is InChI=1S/C25H15BrF6N2O3/c1-11-15(25(35)34(33-11)24-22(31)20(29)19(28)21(30)23(24)32)7-13-8-17(36-2)18(9-16(13)26)37-10-12-4-3-5-14(27)6-12/h3-9H,10H2,1-2H3/b15-7+. The number of halogens is 7. The number of hydrazone groups is 1. The summed E-state index contributed by atoms with van der Waals surface area (Å²) in [5, 5.41) is 3.83. The molecule has 1 aliphatic rings. The first-order chi connectivity index (χ1) is 17.5. The zero-order valence-corrected chi connectivity index (χ0v) is 20.6. The first-order valence-corrected chi connectivity index (χ1v) is 11.2. The van der Waals surface area contributed by atoms with Gasteiger partial charge in [-0.05, 0) is 48.4 Å². The molecule has 37 heavy (non-hydrogen) atoms. The lowest BCUT2D eigenvalue weighted by molar-refractivity contribution is -0.114. The molecule has 0 radical (unpaired) electrons. The van der Waals surface area contributed by atoms with Crippen molar-refractivity contribution in [1.29, 1.82) is 0 Å². The van der Waals surface area contributed by atoms with Crippen molar-refractivity contribution >= 4 is 39.3 Å². The average Bonchev–Trinajstić information content (AvgIpc) is 3.14. The zero-order valence-electron chi connectivity index (χ0n) is 19.0. The van der Waals surface area contributed by atoms with E-state index in [-0.39, 0.29) is 34.4 Å². The van der Waals surface area contributed by atoms with E-state index in [2.05, 4.69) is 21.0 Å². The summed E-state index contributed by atoms with van der Waals surface area (Å²) < 4.78 is 94.2. The van der Waals surface area contributed by atoms with Crippen LogP contribution in [0.15, 0.2) is 51.5 Å². The first kappa shape index (κ1) is 26.3. The molecule has 0 saturated carbocycles. The van der Waals surface area contributed by atoms with Gasteiger partial charge in [-0.1, -0.05) is 28.1 Å². The van der Waals surface area contributed by atoms with Gasteiger partial charge in [0.05, 0.1) is 18.4 Å². The highest BCUT2D eigenvalue weighted by Gasteiger charge is 2.37. The summed E-state index contributed by atoms with van der Waals surface area (Å²) in [6.45, 7) is 1.36. The Balaban J connectivity index is 1.66. The fraction of sp³-hybridized carbons (Fsp3) is 0.120. The summed E-state index contributed by atoms with van der Waals surface area (Å²) in [7, 11) is 1.37. The number of amides is 1. The molecule has 0 bridgehead atoms. The van der Waals surface area contributed by atoms with E-state index in [1.165, 1.54) is 50.4 Å². The molecule has 0 aromatic heterocycles. The summed E-state index contributed by atoms with van der Waals surface area (Å²) in [5.41, 5.74) is -0.763. The van der Waals surface area contributed by atoms with E-state index in [0.717, 1.165) is 0 Å². The molecule has 0 fully saturated rings. The lowest BCUT2D eigenvalue weighted by Crippen LogP contribution is -2.25. The van der Waals surface area contributed by atoms with E-state index in [0.29, 0.717) is 15.6 Å². The molecule has 5 nitrogen and oxygen atoms in total. The fourth-order valence-corrected chi connectivity index (χ4v) is 3.93. The second-order valence-corrected chi connectivity index (χ2v) is 8.58. The molecule has 0 saturated heterocycles. The van der Waals surface area contributed by atoms with E-state index in [1.54, 1.807) is 6.07 Å². The number of anilines is 1. The number of rotatable bonds is 6. The first-order valence-electron chi connectivity index (χ1n) is 10.4. The van der Waals surface area contributed by atoms with Crippen LogP contribution in [0, 0.1) is 34.9 Å². The van der Waals surface area contributed by atoms with E-state index in [1.807, 2.05) is 0 Å². The van der Waals surface area contributed by atoms with Crippen LogP contribution in [0.1, 0.15) is 18.1 Å². The Hall–Kier alpha value is -3.80. The van der Waals surface area contributed by atoms with Crippen molar-refractivity contribution in [3.63, 3.8) is 0 Å². The average molecular weight is 585 g/mol. The highest BCUT2D eigenvalue weighted by atomic mass is 79.9. The molecule has 3 aromatic rings. The van der Waals surface area contributed by atoms with Gasteiger partial charge in [-0.15, -0.1) is 0 Å². The molecule has 0 atom stereocenters. The number of nitrogens with zero attached hydrogens (tertiary/aromatic N) is 2. The SMILES string of the molecule is COc1cc(/C=C2/C(=O)N(c3c(F)c(F)c(F)c(F)c3F)N=C2C)c(Br)cc1OCc1cccc(F)c1. The number of benzene rings is 3. The molecular formula is C25H15BrF6N2O3. The molecule has 3 aromatic carbocycles. The maximum Gasteiger partial charge on any atom is 0.280 e. The molecule has 12 heteroatoms. The van der Waals surface area contributed by atoms with Crippen molar-refractivity contribution in [2.24, 2.45) is 5.10 Å². The highest BCUT2D eigenvalue weighted by Crippen LogP contribution is 2.37. The number of hydrogen-bond acceptors (Lipinski definition) is 4. The number of ether oxygens (including phenoxy) is 2. The summed E-state index contributed by atoms with van der Waals surface area (Å²) in [6, 6.07) is 8.83. The quantitative estimate of drug-likeness (QED) is 0.141. The maximum absolute atomic E-state index is 14.3. The second-order valence-electron chi connectivity index (χ2n) is 7.72. The largest absolute Gasteiger partial charge is 0.493 e. The molecule has 1 aliphatic heterocycles. The molecule has 0 aliphatic carbocycles. The minimum atomic E-state index is -2.35. The van der Waals surface area contributed by atoms with E-state index in [9.17, 15) is 31.1 Å². The lowest BCUT2D eigenvalue weighted by Gasteiger charge is -2.15. The van der Waals surface area contributed by atoms with Crippen LogP contribution < -0.4 is 14.5 Å². The third kappa shape index (κ3) is 4.93. The monoisotopic (exact) mass is 584 g/mol. The van der Waals surface area contributed by atoms with Crippen LogP contribution in [0.4, 0.5) is 32.0 Å². The van der Waals surface area contributed by atoms with Gasteiger partial charge in [-0.25, -0.2) is 26.3 Å². The van der Waals surface area contributed by atoms with Crippen LogP contribution in [0.25, 0.3) is 6.08 Å². The topological polar surface area (TPSA) is 51.1 Å². The van der Waals surface area contributed by atoms with Gasteiger partial charge in [0.25, 0.3) is 5.91 Å². The number of carbonyl (C=O) groups excluding carboxylic acids is 1. The van der Waals surface area contributed by atoms with Crippen molar-refractivity contribution < 1.29 is 40.6 Å². The Morgan fingerprint density at radius 2 is 1.59 bits per heavy atom. The van der Waals surface area contributed by atoms with Crippen LogP contribution in [-0.4, -0.2) is 18.7 Å². The maximum atomic E-state index is 14.3. The molecular weight excluding hydrogens is 570 g/mol. The minimum absolute atomic E-state index is 0.0299. The van der Waals surface area contributed by atoms with Gasteiger partial charge < -0.3 is 9.47 Å². The smallest absolute Gasteiger partial charge is 0.280 e. The van der Waals surface area contributed by atoms with Crippen molar-refractivity contribution in [2.45, 2.75) is 13.5 Å². The van der Waals surface area contributed by atoms with Gasteiger partial charge in [0, 0.05) is 4.47 Å². The molecule has 0 unspecified atom stereocenters. The Labute approximate surface area is 214 Å². The summed E-state index contributed by atoms with van der Waals surface area (Å²) in [5.74, 6) is -12.1. The summed E-state index contributed by atoms with van der Waals surface area (Å²) in [4.78, 5) is 12.9. The van der Waals surface area contributed by atoms with Gasteiger partial charge in [0.15, 0.2) is 34.8 Å². The Morgan fingerprint density at radius 3 is 2.22 bits per heavy atom. The lowest BCUT2D eigenvalue weighted by atomic mass is 10.1. The second kappa shape index (κ2) is 10.3. The van der Waals surface area contributed by atoms with Crippen LogP contribution in [-0.2, 0) is 11.4 Å². The normalized spacial score (nSPS) is 14.4. The number of methoxy groups -OCH3 is 1. The summed E-state index contributed by atoms with van der Waals surface area (Å²) >= 11 is 3.34.